The van der Waals surface area contributed by atoms with Gasteiger partial charge in [0.15, 0.2) is 0 Å². The van der Waals surface area contributed by atoms with E-state index in [-0.39, 0.29) is 5.91 Å². The number of carbonyl (C=O) groups is 2. The maximum atomic E-state index is 11.8. The number of nitrogens with one attached hydrogen (secondary N) is 1. The summed E-state index contributed by atoms with van der Waals surface area (Å²) in [5.41, 5.74) is 0.168. The molecule has 1 aromatic carbocycles. The first kappa shape index (κ1) is 13.9. The maximum absolute atomic E-state index is 11.8. The molecule has 2 rings (SSSR count). The number of hydrogen-bond acceptors (Lipinski definition) is 3. The smallest absolute Gasteiger partial charge is 0.329 e. The average molecular weight is 279 g/mol. The zero-order valence-corrected chi connectivity index (χ0v) is 11.4. The van der Waals surface area contributed by atoms with Gasteiger partial charge < -0.3 is 10.4 Å². The molecule has 102 valence electrons. The van der Waals surface area contributed by atoms with Crippen molar-refractivity contribution in [3.63, 3.8) is 0 Å². The van der Waals surface area contributed by atoms with Crippen LogP contribution in [-0.4, -0.2) is 28.3 Å². The first-order valence-electron chi connectivity index (χ1n) is 6.28. The molecule has 0 spiro atoms. The van der Waals surface area contributed by atoms with Crippen molar-refractivity contribution in [3.8, 4) is 0 Å². The van der Waals surface area contributed by atoms with Gasteiger partial charge in [-0.3, -0.25) is 4.79 Å². The van der Waals surface area contributed by atoms with E-state index < -0.39 is 11.5 Å². The number of amides is 1. The van der Waals surface area contributed by atoms with Crippen molar-refractivity contribution in [1.82, 2.24) is 5.32 Å². The monoisotopic (exact) mass is 279 g/mol. The number of carbonyl (C=O) groups excluding carboxylic acids is 1. The van der Waals surface area contributed by atoms with Crippen molar-refractivity contribution < 1.29 is 14.7 Å². The van der Waals surface area contributed by atoms with Crippen LogP contribution in [0.5, 0.6) is 0 Å². The van der Waals surface area contributed by atoms with E-state index in [1.165, 1.54) is 11.8 Å². The molecule has 1 fully saturated rings. The predicted molar refractivity (Wildman–Crippen MR) is 75.0 cm³/mol. The van der Waals surface area contributed by atoms with Crippen LogP contribution in [0.1, 0.15) is 24.8 Å². The number of carboxylic acid groups (broad SMARTS) is 1. The number of benzene rings is 1. The molecule has 5 heteroatoms. The first-order chi connectivity index (χ1) is 9.12. The molecule has 2 N–H and O–H groups in total. The normalized spacial score (nSPS) is 16.4. The maximum Gasteiger partial charge on any atom is 0.329 e. The van der Waals surface area contributed by atoms with Gasteiger partial charge in [-0.2, -0.15) is 0 Å². The standard InChI is InChI=1S/C14H17NO3S/c16-12(15-14(13(17)18)7-4-8-14)10-19-9-11-5-2-1-3-6-11/h1-3,5-6H,4,7-10H2,(H,15,16)(H,17,18). The van der Waals surface area contributed by atoms with E-state index >= 15 is 0 Å². The zero-order chi connectivity index (χ0) is 13.7. The Morgan fingerprint density at radius 1 is 1.26 bits per heavy atom. The molecule has 0 atom stereocenters. The van der Waals surface area contributed by atoms with Gasteiger partial charge in [0, 0.05) is 5.75 Å². The highest BCUT2D eigenvalue weighted by atomic mass is 32.2. The molecule has 19 heavy (non-hydrogen) atoms. The van der Waals surface area contributed by atoms with Crippen molar-refractivity contribution in [2.75, 3.05) is 5.75 Å². The Bertz CT molecular complexity index is 457. The Kier molecular flexibility index (Phi) is 4.47. The van der Waals surface area contributed by atoms with E-state index in [1.54, 1.807) is 0 Å². The summed E-state index contributed by atoms with van der Waals surface area (Å²) in [5, 5.41) is 11.8. The van der Waals surface area contributed by atoms with Crippen LogP contribution in [0, 0.1) is 0 Å². The largest absolute Gasteiger partial charge is 0.480 e. The third-order valence-electron chi connectivity index (χ3n) is 3.34. The summed E-state index contributed by atoms with van der Waals surface area (Å²) in [6.45, 7) is 0. The number of rotatable bonds is 6. The molecular formula is C14H17NO3S. The molecule has 1 amide bonds. The van der Waals surface area contributed by atoms with E-state index in [0.717, 1.165) is 17.7 Å². The highest BCUT2D eigenvalue weighted by molar-refractivity contribution is 7.99. The summed E-state index contributed by atoms with van der Waals surface area (Å²) in [6.07, 6.45) is 1.94. The molecular weight excluding hydrogens is 262 g/mol. The van der Waals surface area contributed by atoms with Crippen molar-refractivity contribution in [2.24, 2.45) is 0 Å². The molecule has 1 aromatic rings. The van der Waals surface area contributed by atoms with Gasteiger partial charge in [-0.1, -0.05) is 30.3 Å². The van der Waals surface area contributed by atoms with Crippen LogP contribution in [0.2, 0.25) is 0 Å². The van der Waals surface area contributed by atoms with E-state index in [0.29, 0.717) is 18.6 Å². The molecule has 0 aromatic heterocycles. The molecule has 1 aliphatic carbocycles. The minimum absolute atomic E-state index is 0.192. The van der Waals surface area contributed by atoms with Gasteiger partial charge in [0.25, 0.3) is 0 Å². The van der Waals surface area contributed by atoms with Crippen LogP contribution in [0.25, 0.3) is 0 Å². The third kappa shape index (κ3) is 3.50. The summed E-state index contributed by atoms with van der Waals surface area (Å²) in [5.74, 6) is -0.0543. The topological polar surface area (TPSA) is 66.4 Å². The molecule has 0 aliphatic heterocycles. The van der Waals surface area contributed by atoms with Crippen LogP contribution in [0.15, 0.2) is 30.3 Å². The van der Waals surface area contributed by atoms with Crippen LogP contribution < -0.4 is 5.32 Å². The van der Waals surface area contributed by atoms with E-state index in [4.69, 9.17) is 5.11 Å². The van der Waals surface area contributed by atoms with Gasteiger partial charge in [-0.05, 0) is 24.8 Å². The molecule has 1 saturated carbocycles. The zero-order valence-electron chi connectivity index (χ0n) is 10.6. The first-order valence-corrected chi connectivity index (χ1v) is 7.44. The molecule has 0 saturated heterocycles. The summed E-state index contributed by atoms with van der Waals surface area (Å²) in [4.78, 5) is 22.9. The Morgan fingerprint density at radius 3 is 2.47 bits per heavy atom. The summed E-state index contributed by atoms with van der Waals surface area (Å²) in [7, 11) is 0. The number of aliphatic carboxylic acids is 1. The van der Waals surface area contributed by atoms with Gasteiger partial charge in [-0.15, -0.1) is 11.8 Å². The Morgan fingerprint density at radius 2 is 1.95 bits per heavy atom. The highest BCUT2D eigenvalue weighted by Crippen LogP contribution is 2.32. The van der Waals surface area contributed by atoms with Crippen molar-refractivity contribution in [2.45, 2.75) is 30.6 Å². The van der Waals surface area contributed by atoms with Gasteiger partial charge in [0.2, 0.25) is 5.91 Å². The lowest BCUT2D eigenvalue weighted by Gasteiger charge is -2.38. The fourth-order valence-electron chi connectivity index (χ4n) is 2.06. The molecule has 4 nitrogen and oxygen atoms in total. The van der Waals surface area contributed by atoms with Crippen LogP contribution in [-0.2, 0) is 15.3 Å². The van der Waals surface area contributed by atoms with Gasteiger partial charge >= 0.3 is 5.97 Å². The molecule has 0 heterocycles. The van der Waals surface area contributed by atoms with Crippen molar-refractivity contribution >= 4 is 23.6 Å². The number of hydrogen-bond donors (Lipinski definition) is 2. The van der Waals surface area contributed by atoms with Crippen LogP contribution in [0.4, 0.5) is 0 Å². The quantitative estimate of drug-likeness (QED) is 0.836. The summed E-state index contributed by atoms with van der Waals surface area (Å²) in [6, 6.07) is 9.90. The number of carboxylic acids is 1. The molecule has 0 radical (unpaired) electrons. The van der Waals surface area contributed by atoms with E-state index in [2.05, 4.69) is 5.32 Å². The molecule has 0 bridgehead atoms. The third-order valence-corrected chi connectivity index (χ3v) is 4.34. The SMILES string of the molecule is O=C(CSCc1ccccc1)NC1(C(=O)O)CCC1. The van der Waals surface area contributed by atoms with E-state index in [9.17, 15) is 9.59 Å². The lowest BCUT2D eigenvalue weighted by atomic mass is 9.77. The Labute approximate surface area is 116 Å². The summed E-state index contributed by atoms with van der Waals surface area (Å²) < 4.78 is 0. The minimum atomic E-state index is -0.996. The second-order valence-electron chi connectivity index (χ2n) is 4.77. The van der Waals surface area contributed by atoms with Gasteiger partial charge in [-0.25, -0.2) is 4.79 Å². The van der Waals surface area contributed by atoms with Crippen LogP contribution in [0.3, 0.4) is 0 Å². The fraction of sp³-hybridized carbons (Fsp3) is 0.429. The van der Waals surface area contributed by atoms with Crippen molar-refractivity contribution in [1.29, 1.82) is 0 Å². The second kappa shape index (κ2) is 6.10. The van der Waals surface area contributed by atoms with Crippen LogP contribution >= 0.6 is 11.8 Å². The fourth-order valence-corrected chi connectivity index (χ4v) is 2.85. The van der Waals surface area contributed by atoms with Gasteiger partial charge in [0.1, 0.15) is 5.54 Å². The van der Waals surface area contributed by atoms with E-state index in [1.807, 2.05) is 30.3 Å². The second-order valence-corrected chi connectivity index (χ2v) is 5.75. The summed E-state index contributed by atoms with van der Waals surface area (Å²) >= 11 is 1.50. The lowest BCUT2D eigenvalue weighted by Crippen LogP contribution is -2.59. The predicted octanol–water partition coefficient (Wildman–Crippen LogP) is 2.04. The van der Waals surface area contributed by atoms with Crippen molar-refractivity contribution in [3.05, 3.63) is 35.9 Å². The minimum Gasteiger partial charge on any atom is -0.480 e. The highest BCUT2D eigenvalue weighted by Gasteiger charge is 2.45. The Balaban J connectivity index is 1.74. The molecule has 1 aliphatic rings. The lowest BCUT2D eigenvalue weighted by molar-refractivity contribution is -0.151. The average Bonchev–Trinajstić information content (AvgIpc) is 2.34. The number of thioether (sulfide) groups is 1. The van der Waals surface area contributed by atoms with Gasteiger partial charge in [0.05, 0.1) is 5.75 Å². The molecule has 0 unspecified atom stereocenters. The Hall–Kier alpha value is -1.49.